The molecule has 0 amide bonds. The molecule has 0 aliphatic heterocycles. The molecule has 0 aliphatic rings. The third-order valence-corrected chi connectivity index (χ3v) is 2.72. The van der Waals surface area contributed by atoms with Gasteiger partial charge in [0.2, 0.25) is 11.8 Å². The highest BCUT2D eigenvalue weighted by Gasteiger charge is 2.22. The largest absolute Gasteiger partial charge is 0.475 e. The summed E-state index contributed by atoms with van der Waals surface area (Å²) in [6, 6.07) is 0. The third-order valence-electron chi connectivity index (χ3n) is 2.72. The van der Waals surface area contributed by atoms with Gasteiger partial charge >= 0.3 is 0 Å². The fourth-order valence-electron chi connectivity index (χ4n) is 0.959. The Morgan fingerprint density at radius 3 is 2.62 bits per heavy atom. The number of likely N-dealkylation sites (N-methyl/N-ethyl adjacent to an activating group) is 1. The molecule has 0 atom stereocenters. The Morgan fingerprint density at radius 2 is 2.06 bits per heavy atom. The second-order valence-electron chi connectivity index (χ2n) is 4.71. The Kier molecular flexibility index (Phi) is 3.70. The van der Waals surface area contributed by atoms with Crippen molar-refractivity contribution in [1.82, 2.24) is 14.9 Å². The van der Waals surface area contributed by atoms with E-state index in [2.05, 4.69) is 28.7 Å². The van der Waals surface area contributed by atoms with E-state index in [1.807, 2.05) is 21.0 Å². The molecule has 0 fully saturated rings. The summed E-state index contributed by atoms with van der Waals surface area (Å²) in [5.41, 5.74) is 6.36. The standard InChI is InChI=1S/C11H20N4O/c1-8-6-13-10(12)14-9(8)16-7-11(2,3)15(4)5/h6H,7H2,1-5H3,(H2,12,13,14). The Hall–Kier alpha value is -1.36. The monoisotopic (exact) mass is 224 g/mol. The molecule has 16 heavy (non-hydrogen) atoms. The van der Waals surface area contributed by atoms with Gasteiger partial charge in [0.25, 0.3) is 0 Å². The molecule has 1 heterocycles. The molecule has 2 N–H and O–H groups in total. The average molecular weight is 224 g/mol. The zero-order chi connectivity index (χ0) is 12.3. The van der Waals surface area contributed by atoms with Crippen molar-refractivity contribution in [1.29, 1.82) is 0 Å². The van der Waals surface area contributed by atoms with E-state index in [4.69, 9.17) is 10.5 Å². The Labute approximate surface area is 96.6 Å². The zero-order valence-electron chi connectivity index (χ0n) is 10.6. The molecular weight excluding hydrogens is 204 g/mol. The molecule has 5 heteroatoms. The number of nitrogens with two attached hydrogens (primary N) is 1. The molecule has 0 unspecified atom stereocenters. The lowest BCUT2D eigenvalue weighted by molar-refractivity contribution is 0.110. The van der Waals surface area contributed by atoms with Crippen LogP contribution in [0.4, 0.5) is 5.95 Å². The van der Waals surface area contributed by atoms with E-state index in [1.54, 1.807) is 6.20 Å². The minimum absolute atomic E-state index is 0.0495. The number of aryl methyl sites for hydroxylation is 1. The van der Waals surface area contributed by atoms with Crippen LogP contribution in [-0.4, -0.2) is 41.1 Å². The van der Waals surface area contributed by atoms with Crippen LogP contribution < -0.4 is 10.5 Å². The highest BCUT2D eigenvalue weighted by atomic mass is 16.5. The number of nitrogen functional groups attached to an aromatic ring is 1. The lowest BCUT2D eigenvalue weighted by Crippen LogP contribution is -2.43. The number of aromatic nitrogens is 2. The van der Waals surface area contributed by atoms with Crippen LogP contribution in [0.2, 0.25) is 0 Å². The van der Waals surface area contributed by atoms with Crippen molar-refractivity contribution < 1.29 is 4.74 Å². The van der Waals surface area contributed by atoms with Crippen molar-refractivity contribution in [3.63, 3.8) is 0 Å². The third kappa shape index (κ3) is 3.06. The van der Waals surface area contributed by atoms with E-state index in [1.165, 1.54) is 0 Å². The first kappa shape index (κ1) is 12.7. The summed E-state index contributed by atoms with van der Waals surface area (Å²) in [4.78, 5) is 10.1. The summed E-state index contributed by atoms with van der Waals surface area (Å²) in [6.45, 7) is 6.66. The van der Waals surface area contributed by atoms with Crippen molar-refractivity contribution in [2.45, 2.75) is 26.3 Å². The number of nitrogens with zero attached hydrogens (tertiary/aromatic N) is 3. The fourth-order valence-corrected chi connectivity index (χ4v) is 0.959. The number of rotatable bonds is 4. The predicted molar refractivity (Wildman–Crippen MR) is 64.4 cm³/mol. The van der Waals surface area contributed by atoms with Crippen molar-refractivity contribution in [3.8, 4) is 5.88 Å². The molecule has 0 saturated carbocycles. The number of ether oxygens (including phenoxy) is 1. The van der Waals surface area contributed by atoms with Gasteiger partial charge in [-0.1, -0.05) is 0 Å². The molecule has 0 aliphatic carbocycles. The first-order valence-corrected chi connectivity index (χ1v) is 5.22. The Morgan fingerprint density at radius 1 is 1.44 bits per heavy atom. The quantitative estimate of drug-likeness (QED) is 0.829. The van der Waals surface area contributed by atoms with E-state index < -0.39 is 0 Å². The van der Waals surface area contributed by atoms with Crippen LogP contribution in [0.25, 0.3) is 0 Å². The summed E-state index contributed by atoms with van der Waals surface area (Å²) < 4.78 is 5.67. The topological polar surface area (TPSA) is 64.3 Å². The average Bonchev–Trinajstić information content (AvgIpc) is 2.19. The normalized spacial score (nSPS) is 11.9. The lowest BCUT2D eigenvalue weighted by atomic mass is 10.1. The first-order chi connectivity index (χ1) is 7.33. The van der Waals surface area contributed by atoms with Crippen LogP contribution >= 0.6 is 0 Å². The van der Waals surface area contributed by atoms with E-state index in [-0.39, 0.29) is 11.5 Å². The second kappa shape index (κ2) is 4.65. The molecule has 1 rings (SSSR count). The molecule has 0 saturated heterocycles. The van der Waals surface area contributed by atoms with Gasteiger partial charge in [0.1, 0.15) is 6.61 Å². The van der Waals surface area contributed by atoms with Crippen molar-refractivity contribution >= 4 is 5.95 Å². The van der Waals surface area contributed by atoms with E-state index in [9.17, 15) is 0 Å². The molecule has 1 aromatic rings. The number of hydrogen-bond acceptors (Lipinski definition) is 5. The number of hydrogen-bond donors (Lipinski definition) is 1. The first-order valence-electron chi connectivity index (χ1n) is 5.22. The van der Waals surface area contributed by atoms with Crippen LogP contribution in [0, 0.1) is 6.92 Å². The maximum Gasteiger partial charge on any atom is 0.223 e. The van der Waals surface area contributed by atoms with Gasteiger partial charge < -0.3 is 15.4 Å². The minimum Gasteiger partial charge on any atom is -0.475 e. The van der Waals surface area contributed by atoms with Gasteiger partial charge in [0.15, 0.2) is 0 Å². The summed E-state index contributed by atoms with van der Waals surface area (Å²) in [5, 5.41) is 0. The van der Waals surface area contributed by atoms with E-state index >= 15 is 0 Å². The Bertz CT molecular complexity index is 363. The van der Waals surface area contributed by atoms with E-state index in [0.717, 1.165) is 5.56 Å². The van der Waals surface area contributed by atoms with Crippen molar-refractivity contribution in [3.05, 3.63) is 11.8 Å². The molecule has 90 valence electrons. The second-order valence-corrected chi connectivity index (χ2v) is 4.71. The molecule has 0 aromatic carbocycles. The summed E-state index contributed by atoms with van der Waals surface area (Å²) in [5.74, 6) is 0.797. The maximum atomic E-state index is 5.67. The van der Waals surface area contributed by atoms with Crippen LogP contribution in [0.1, 0.15) is 19.4 Å². The minimum atomic E-state index is -0.0495. The van der Waals surface area contributed by atoms with Gasteiger partial charge in [-0.25, -0.2) is 4.98 Å². The highest BCUT2D eigenvalue weighted by Crippen LogP contribution is 2.17. The van der Waals surface area contributed by atoms with Gasteiger partial charge in [-0.05, 0) is 34.9 Å². The predicted octanol–water partition coefficient (Wildman–Crippen LogP) is 1.09. The van der Waals surface area contributed by atoms with Gasteiger partial charge in [-0.15, -0.1) is 0 Å². The van der Waals surface area contributed by atoms with Gasteiger partial charge in [-0.3, -0.25) is 0 Å². The van der Waals surface area contributed by atoms with Crippen LogP contribution in [0.3, 0.4) is 0 Å². The maximum absolute atomic E-state index is 5.67. The van der Waals surface area contributed by atoms with Gasteiger partial charge in [0.05, 0.1) is 0 Å². The summed E-state index contributed by atoms with van der Waals surface area (Å²) in [6.07, 6.45) is 1.67. The molecule has 1 aromatic heterocycles. The SMILES string of the molecule is Cc1cnc(N)nc1OCC(C)(C)N(C)C. The lowest BCUT2D eigenvalue weighted by Gasteiger charge is -2.32. The molecular formula is C11H20N4O. The highest BCUT2D eigenvalue weighted by molar-refractivity contribution is 5.28. The van der Waals surface area contributed by atoms with Gasteiger partial charge in [0, 0.05) is 17.3 Å². The summed E-state index contributed by atoms with van der Waals surface area (Å²) >= 11 is 0. The smallest absolute Gasteiger partial charge is 0.223 e. The summed E-state index contributed by atoms with van der Waals surface area (Å²) in [7, 11) is 4.04. The molecule has 5 nitrogen and oxygen atoms in total. The van der Waals surface area contributed by atoms with Crippen LogP contribution in [-0.2, 0) is 0 Å². The Balaban J connectivity index is 2.71. The molecule has 0 radical (unpaired) electrons. The van der Waals surface area contributed by atoms with Gasteiger partial charge in [-0.2, -0.15) is 4.98 Å². The van der Waals surface area contributed by atoms with E-state index in [0.29, 0.717) is 12.5 Å². The zero-order valence-corrected chi connectivity index (χ0v) is 10.6. The van der Waals surface area contributed by atoms with Crippen LogP contribution in [0.5, 0.6) is 5.88 Å². The van der Waals surface area contributed by atoms with Crippen LogP contribution in [0.15, 0.2) is 6.20 Å². The fraction of sp³-hybridized carbons (Fsp3) is 0.636. The van der Waals surface area contributed by atoms with Crippen molar-refractivity contribution in [2.75, 3.05) is 26.4 Å². The number of anilines is 1. The van der Waals surface area contributed by atoms with Crippen molar-refractivity contribution in [2.24, 2.45) is 0 Å². The molecule has 0 bridgehead atoms. The molecule has 0 spiro atoms.